The molecule has 0 aliphatic carbocycles. The van der Waals surface area contributed by atoms with Gasteiger partial charge < -0.3 is 15.8 Å². The minimum atomic E-state index is 0.256. The van der Waals surface area contributed by atoms with Crippen molar-refractivity contribution in [2.75, 3.05) is 19.0 Å². The quantitative estimate of drug-likeness (QED) is 0.774. The van der Waals surface area contributed by atoms with Crippen LogP contribution in [0.2, 0.25) is 0 Å². The van der Waals surface area contributed by atoms with Crippen molar-refractivity contribution in [2.45, 2.75) is 33.2 Å². The first-order chi connectivity index (χ1) is 8.45. The highest BCUT2D eigenvalue weighted by Crippen LogP contribution is 2.19. The number of thiocarbonyl (C=S) groups is 1. The van der Waals surface area contributed by atoms with E-state index in [2.05, 4.69) is 17.2 Å². The maximum atomic E-state index is 5.77. The number of aryl methyl sites for hydroxylation is 2. The Morgan fingerprint density at radius 2 is 2.22 bits per heavy atom. The first kappa shape index (κ1) is 14.9. The van der Waals surface area contributed by atoms with Crippen molar-refractivity contribution in [3.05, 3.63) is 22.9 Å². The molecule has 5 heteroatoms. The monoisotopic (exact) mass is 267 g/mol. The lowest BCUT2D eigenvalue weighted by Gasteiger charge is -2.18. The Balaban J connectivity index is 2.96. The van der Waals surface area contributed by atoms with Crippen LogP contribution in [0.3, 0.4) is 0 Å². The number of anilines is 1. The van der Waals surface area contributed by atoms with Crippen LogP contribution in [-0.2, 0) is 4.74 Å². The summed E-state index contributed by atoms with van der Waals surface area (Å²) in [7, 11) is 1.70. The SMILES string of the molecule is COCCC(C)Nc1nc(C)cc(C)c1C(N)=S. The van der Waals surface area contributed by atoms with Crippen LogP contribution in [0.15, 0.2) is 6.07 Å². The Labute approximate surface area is 114 Å². The van der Waals surface area contributed by atoms with Gasteiger partial charge in [-0.05, 0) is 38.8 Å². The summed E-state index contributed by atoms with van der Waals surface area (Å²) in [6, 6.07) is 2.24. The molecule has 4 nitrogen and oxygen atoms in total. The van der Waals surface area contributed by atoms with Crippen molar-refractivity contribution in [1.82, 2.24) is 4.98 Å². The highest BCUT2D eigenvalue weighted by Gasteiger charge is 2.13. The van der Waals surface area contributed by atoms with E-state index in [-0.39, 0.29) is 6.04 Å². The van der Waals surface area contributed by atoms with Crippen LogP contribution in [0.4, 0.5) is 5.82 Å². The number of hydrogen-bond donors (Lipinski definition) is 2. The van der Waals surface area contributed by atoms with Gasteiger partial charge in [0.1, 0.15) is 10.8 Å². The van der Waals surface area contributed by atoms with Crippen LogP contribution < -0.4 is 11.1 Å². The van der Waals surface area contributed by atoms with Gasteiger partial charge in [-0.1, -0.05) is 12.2 Å². The molecule has 0 radical (unpaired) electrons. The number of pyridine rings is 1. The summed E-state index contributed by atoms with van der Waals surface area (Å²) >= 11 is 5.09. The molecule has 0 saturated carbocycles. The predicted octanol–water partition coefficient (Wildman–Crippen LogP) is 2.17. The number of hydrogen-bond acceptors (Lipinski definition) is 4. The van der Waals surface area contributed by atoms with E-state index in [1.807, 2.05) is 19.9 Å². The maximum Gasteiger partial charge on any atom is 0.136 e. The number of nitrogens with two attached hydrogens (primary N) is 1. The fraction of sp³-hybridized carbons (Fsp3) is 0.538. The van der Waals surface area contributed by atoms with E-state index in [1.165, 1.54) is 0 Å². The Morgan fingerprint density at radius 1 is 1.56 bits per heavy atom. The van der Waals surface area contributed by atoms with E-state index in [0.29, 0.717) is 11.6 Å². The smallest absolute Gasteiger partial charge is 0.136 e. The van der Waals surface area contributed by atoms with Crippen LogP contribution in [0.1, 0.15) is 30.2 Å². The molecule has 1 rings (SSSR count). The second-order valence-corrected chi connectivity index (χ2v) is 4.94. The molecule has 0 fully saturated rings. The molecule has 0 saturated heterocycles. The van der Waals surface area contributed by atoms with Gasteiger partial charge in [-0.15, -0.1) is 0 Å². The zero-order valence-electron chi connectivity index (χ0n) is 11.4. The second kappa shape index (κ2) is 6.66. The molecule has 1 unspecified atom stereocenters. The van der Waals surface area contributed by atoms with Crippen molar-refractivity contribution in [2.24, 2.45) is 5.73 Å². The molecule has 100 valence electrons. The van der Waals surface area contributed by atoms with Crippen molar-refractivity contribution >= 4 is 23.0 Å². The zero-order chi connectivity index (χ0) is 13.7. The van der Waals surface area contributed by atoms with E-state index in [4.69, 9.17) is 22.7 Å². The van der Waals surface area contributed by atoms with Crippen LogP contribution in [0.25, 0.3) is 0 Å². The molecule has 0 amide bonds. The Bertz CT molecular complexity index is 434. The fourth-order valence-corrected chi connectivity index (χ4v) is 2.11. The van der Waals surface area contributed by atoms with Crippen molar-refractivity contribution in [3.63, 3.8) is 0 Å². The summed E-state index contributed by atoms with van der Waals surface area (Å²) in [5, 5.41) is 3.35. The Kier molecular flexibility index (Phi) is 5.50. The standard InChI is InChI=1S/C13H21N3OS/c1-8-7-10(3)16-13(11(8)12(14)18)15-9(2)5-6-17-4/h7,9H,5-6H2,1-4H3,(H2,14,18)(H,15,16). The van der Waals surface area contributed by atoms with Crippen LogP contribution >= 0.6 is 12.2 Å². The molecule has 1 atom stereocenters. The van der Waals surface area contributed by atoms with E-state index in [0.717, 1.165) is 29.1 Å². The summed E-state index contributed by atoms with van der Waals surface area (Å²) < 4.78 is 5.06. The summed E-state index contributed by atoms with van der Waals surface area (Å²) in [6.07, 6.45) is 0.905. The zero-order valence-corrected chi connectivity index (χ0v) is 12.2. The topological polar surface area (TPSA) is 60.2 Å². The van der Waals surface area contributed by atoms with Gasteiger partial charge in [0.05, 0.1) is 5.56 Å². The van der Waals surface area contributed by atoms with E-state index in [1.54, 1.807) is 7.11 Å². The average molecular weight is 267 g/mol. The molecule has 0 aliphatic rings. The molecule has 18 heavy (non-hydrogen) atoms. The van der Waals surface area contributed by atoms with Gasteiger partial charge in [-0.2, -0.15) is 0 Å². The van der Waals surface area contributed by atoms with E-state index >= 15 is 0 Å². The molecule has 3 N–H and O–H groups in total. The van der Waals surface area contributed by atoms with Gasteiger partial charge in [-0.25, -0.2) is 4.98 Å². The van der Waals surface area contributed by atoms with Crippen LogP contribution in [0.5, 0.6) is 0 Å². The average Bonchev–Trinajstić information content (AvgIpc) is 2.24. The molecular formula is C13H21N3OS. The van der Waals surface area contributed by atoms with Gasteiger partial charge in [-0.3, -0.25) is 0 Å². The molecule has 0 spiro atoms. The molecule has 0 aliphatic heterocycles. The summed E-state index contributed by atoms with van der Waals surface area (Å²) in [5.41, 5.74) is 8.61. The summed E-state index contributed by atoms with van der Waals surface area (Å²) in [6.45, 7) is 6.75. The third kappa shape index (κ3) is 3.92. The summed E-state index contributed by atoms with van der Waals surface area (Å²) in [5.74, 6) is 0.767. The number of aromatic nitrogens is 1. The number of nitrogens with one attached hydrogen (secondary N) is 1. The first-order valence-electron chi connectivity index (χ1n) is 5.99. The fourth-order valence-electron chi connectivity index (χ4n) is 1.85. The van der Waals surface area contributed by atoms with Gasteiger partial charge in [0.25, 0.3) is 0 Å². The Morgan fingerprint density at radius 3 is 2.78 bits per heavy atom. The second-order valence-electron chi connectivity index (χ2n) is 4.50. The van der Waals surface area contributed by atoms with Gasteiger partial charge in [0, 0.05) is 25.5 Å². The van der Waals surface area contributed by atoms with Gasteiger partial charge in [0.15, 0.2) is 0 Å². The van der Waals surface area contributed by atoms with E-state index < -0.39 is 0 Å². The van der Waals surface area contributed by atoms with Crippen molar-refractivity contribution < 1.29 is 4.74 Å². The maximum absolute atomic E-state index is 5.77. The number of ether oxygens (including phenoxy) is 1. The molecule has 1 aromatic rings. The number of nitrogens with zero attached hydrogens (tertiary/aromatic N) is 1. The lowest BCUT2D eigenvalue weighted by Crippen LogP contribution is -2.23. The third-order valence-corrected chi connectivity index (χ3v) is 2.93. The molecule has 1 aromatic heterocycles. The van der Waals surface area contributed by atoms with Crippen molar-refractivity contribution in [3.8, 4) is 0 Å². The van der Waals surface area contributed by atoms with E-state index in [9.17, 15) is 0 Å². The van der Waals surface area contributed by atoms with Gasteiger partial charge >= 0.3 is 0 Å². The molecule has 0 bridgehead atoms. The molecule has 0 aromatic carbocycles. The van der Waals surface area contributed by atoms with Crippen LogP contribution in [-0.4, -0.2) is 29.7 Å². The predicted molar refractivity (Wildman–Crippen MR) is 79.2 cm³/mol. The third-order valence-electron chi connectivity index (χ3n) is 2.73. The minimum Gasteiger partial charge on any atom is -0.389 e. The normalized spacial score (nSPS) is 12.2. The largest absolute Gasteiger partial charge is 0.389 e. The number of rotatable bonds is 6. The summed E-state index contributed by atoms with van der Waals surface area (Å²) in [4.78, 5) is 4.86. The highest BCUT2D eigenvalue weighted by atomic mass is 32.1. The lowest BCUT2D eigenvalue weighted by atomic mass is 10.1. The highest BCUT2D eigenvalue weighted by molar-refractivity contribution is 7.80. The molecular weight excluding hydrogens is 246 g/mol. The Hall–Kier alpha value is -1.20. The number of methoxy groups -OCH3 is 1. The molecule has 1 heterocycles. The first-order valence-corrected chi connectivity index (χ1v) is 6.40. The van der Waals surface area contributed by atoms with Gasteiger partial charge in [0.2, 0.25) is 0 Å². The van der Waals surface area contributed by atoms with Crippen molar-refractivity contribution in [1.29, 1.82) is 0 Å². The lowest BCUT2D eigenvalue weighted by molar-refractivity contribution is 0.191. The van der Waals surface area contributed by atoms with Crippen LogP contribution in [0, 0.1) is 13.8 Å². The minimum absolute atomic E-state index is 0.256.